The van der Waals surface area contributed by atoms with Crippen molar-refractivity contribution in [3.8, 4) is 0 Å². The third-order valence-electron chi connectivity index (χ3n) is 2.54. The van der Waals surface area contributed by atoms with Gasteiger partial charge in [0.25, 0.3) is 0 Å². The number of alkyl halides is 1. The zero-order chi connectivity index (χ0) is 9.54. The maximum Gasteiger partial charge on any atom is 0.0355 e. The summed E-state index contributed by atoms with van der Waals surface area (Å²) in [6.07, 6.45) is 5.95. The van der Waals surface area contributed by atoms with Gasteiger partial charge < -0.3 is 0 Å². The Balaban J connectivity index is 2.54. The Morgan fingerprint density at radius 1 is 1.29 bits per heavy atom. The molecule has 1 aliphatic carbocycles. The SMILES string of the molecule is IC1C=c2c(sc3ccccc23)=CC1. The lowest BCUT2D eigenvalue weighted by Crippen LogP contribution is -2.24. The van der Waals surface area contributed by atoms with Crippen molar-refractivity contribution >= 4 is 56.2 Å². The summed E-state index contributed by atoms with van der Waals surface area (Å²) in [6, 6.07) is 8.68. The summed E-state index contributed by atoms with van der Waals surface area (Å²) in [5.74, 6) is 0. The van der Waals surface area contributed by atoms with E-state index in [1.54, 1.807) is 0 Å². The van der Waals surface area contributed by atoms with Crippen LogP contribution in [-0.4, -0.2) is 3.92 Å². The predicted octanol–water partition coefficient (Wildman–Crippen LogP) is 2.67. The molecule has 0 saturated heterocycles. The molecule has 3 rings (SSSR count). The van der Waals surface area contributed by atoms with E-state index in [4.69, 9.17) is 0 Å². The van der Waals surface area contributed by atoms with E-state index in [0.29, 0.717) is 3.92 Å². The first-order valence-electron chi connectivity index (χ1n) is 4.68. The molecular formula is C12H9IS. The van der Waals surface area contributed by atoms with Gasteiger partial charge in [-0.3, -0.25) is 0 Å². The normalized spacial score (nSPS) is 19.9. The van der Waals surface area contributed by atoms with Crippen molar-refractivity contribution in [2.75, 3.05) is 0 Å². The monoisotopic (exact) mass is 312 g/mol. The molecule has 0 fully saturated rings. The Labute approximate surface area is 100 Å². The first-order valence-corrected chi connectivity index (χ1v) is 6.74. The highest BCUT2D eigenvalue weighted by atomic mass is 127. The minimum atomic E-state index is 0.665. The molecule has 0 saturated carbocycles. The minimum absolute atomic E-state index is 0.665. The van der Waals surface area contributed by atoms with Crippen LogP contribution in [0.5, 0.6) is 0 Å². The number of hydrogen-bond acceptors (Lipinski definition) is 1. The van der Waals surface area contributed by atoms with Crippen LogP contribution in [0.1, 0.15) is 6.42 Å². The molecule has 2 heteroatoms. The quantitative estimate of drug-likeness (QED) is 0.518. The summed E-state index contributed by atoms with van der Waals surface area (Å²) in [4.78, 5) is 0. The summed E-state index contributed by atoms with van der Waals surface area (Å²) >= 11 is 4.41. The molecule has 1 aromatic heterocycles. The second-order valence-corrected chi connectivity index (χ2v) is 6.18. The molecule has 70 valence electrons. The summed E-state index contributed by atoms with van der Waals surface area (Å²) < 4.78 is 3.53. The number of hydrogen-bond donors (Lipinski definition) is 0. The van der Waals surface area contributed by atoms with E-state index < -0.39 is 0 Å². The van der Waals surface area contributed by atoms with Crippen LogP contribution in [-0.2, 0) is 0 Å². The van der Waals surface area contributed by atoms with E-state index in [9.17, 15) is 0 Å². The van der Waals surface area contributed by atoms with Crippen LogP contribution in [0.3, 0.4) is 0 Å². The molecule has 1 heterocycles. The molecule has 0 amide bonds. The van der Waals surface area contributed by atoms with Crippen molar-refractivity contribution in [2.24, 2.45) is 0 Å². The van der Waals surface area contributed by atoms with Gasteiger partial charge in [0.2, 0.25) is 0 Å². The van der Waals surface area contributed by atoms with Gasteiger partial charge in [-0.25, -0.2) is 0 Å². The number of benzene rings is 1. The van der Waals surface area contributed by atoms with Gasteiger partial charge in [0, 0.05) is 18.5 Å². The van der Waals surface area contributed by atoms with Crippen LogP contribution in [0.25, 0.3) is 22.2 Å². The van der Waals surface area contributed by atoms with Gasteiger partial charge in [0.1, 0.15) is 0 Å². The lowest BCUT2D eigenvalue weighted by Gasteiger charge is -2.02. The van der Waals surface area contributed by atoms with Gasteiger partial charge in [0.05, 0.1) is 0 Å². The largest absolute Gasteiger partial charge is 0.136 e. The first kappa shape index (κ1) is 8.92. The molecule has 2 aromatic rings. The average molecular weight is 312 g/mol. The lowest BCUT2D eigenvalue weighted by atomic mass is 10.1. The van der Waals surface area contributed by atoms with Crippen molar-refractivity contribution in [1.29, 1.82) is 0 Å². The zero-order valence-corrected chi connectivity index (χ0v) is 10.5. The van der Waals surface area contributed by atoms with Gasteiger partial charge >= 0.3 is 0 Å². The van der Waals surface area contributed by atoms with Gasteiger partial charge in [-0.1, -0.05) is 52.9 Å². The van der Waals surface area contributed by atoms with Crippen molar-refractivity contribution in [3.63, 3.8) is 0 Å². The van der Waals surface area contributed by atoms with Crippen molar-refractivity contribution in [3.05, 3.63) is 34.0 Å². The second-order valence-electron chi connectivity index (χ2n) is 3.50. The van der Waals surface area contributed by atoms with Crippen LogP contribution in [0, 0.1) is 0 Å². The van der Waals surface area contributed by atoms with E-state index in [1.165, 1.54) is 26.3 Å². The zero-order valence-electron chi connectivity index (χ0n) is 7.53. The number of halogens is 1. The summed E-state index contributed by atoms with van der Waals surface area (Å²) in [5.41, 5.74) is 0. The number of thiophene rings is 1. The fourth-order valence-electron chi connectivity index (χ4n) is 1.88. The molecule has 0 spiro atoms. The molecule has 1 atom stereocenters. The molecule has 0 aliphatic heterocycles. The Morgan fingerprint density at radius 2 is 2.14 bits per heavy atom. The van der Waals surface area contributed by atoms with Gasteiger partial charge in [-0.05, 0) is 17.7 Å². The molecule has 14 heavy (non-hydrogen) atoms. The molecule has 1 unspecified atom stereocenters. The Kier molecular flexibility index (Phi) is 2.13. The van der Waals surface area contributed by atoms with E-state index >= 15 is 0 Å². The second kappa shape index (κ2) is 3.35. The van der Waals surface area contributed by atoms with E-state index in [0.717, 1.165) is 0 Å². The van der Waals surface area contributed by atoms with Gasteiger partial charge in [0.15, 0.2) is 0 Å². The standard InChI is InChI=1S/C12H9IS/c13-8-5-6-12-10(7-8)9-3-1-2-4-11(9)14-12/h1-4,6-8H,5H2. The lowest BCUT2D eigenvalue weighted by molar-refractivity contribution is 1.19. The van der Waals surface area contributed by atoms with Crippen molar-refractivity contribution in [2.45, 2.75) is 10.3 Å². The fraction of sp³-hybridized carbons (Fsp3) is 0.167. The predicted molar refractivity (Wildman–Crippen MR) is 72.4 cm³/mol. The molecule has 0 bridgehead atoms. The van der Waals surface area contributed by atoms with Crippen LogP contribution in [0.4, 0.5) is 0 Å². The Bertz CT molecular complexity index is 594. The van der Waals surface area contributed by atoms with Crippen LogP contribution >= 0.6 is 33.9 Å². The highest BCUT2D eigenvalue weighted by Crippen LogP contribution is 2.17. The van der Waals surface area contributed by atoms with E-state index in [-0.39, 0.29) is 0 Å². The Hall–Kier alpha value is -0.350. The molecule has 0 N–H and O–H groups in total. The van der Waals surface area contributed by atoms with Crippen molar-refractivity contribution < 1.29 is 0 Å². The Morgan fingerprint density at radius 3 is 3.07 bits per heavy atom. The van der Waals surface area contributed by atoms with Gasteiger partial charge in [-0.2, -0.15) is 0 Å². The highest BCUT2D eigenvalue weighted by Gasteiger charge is 2.07. The smallest absolute Gasteiger partial charge is 0.0355 e. The van der Waals surface area contributed by atoms with E-state index in [2.05, 4.69) is 59.0 Å². The van der Waals surface area contributed by atoms with Crippen LogP contribution in [0.2, 0.25) is 0 Å². The molecule has 0 nitrogen and oxygen atoms in total. The average Bonchev–Trinajstić information content (AvgIpc) is 2.56. The maximum absolute atomic E-state index is 2.50. The summed E-state index contributed by atoms with van der Waals surface area (Å²) in [6.45, 7) is 0. The first-order chi connectivity index (χ1) is 6.84. The minimum Gasteiger partial charge on any atom is -0.136 e. The van der Waals surface area contributed by atoms with Crippen molar-refractivity contribution in [1.82, 2.24) is 0 Å². The van der Waals surface area contributed by atoms with E-state index in [1.807, 2.05) is 11.3 Å². The summed E-state index contributed by atoms with van der Waals surface area (Å²) in [5, 5.41) is 2.88. The number of fused-ring (bicyclic) bond motifs is 3. The molecular weight excluding hydrogens is 303 g/mol. The molecule has 0 radical (unpaired) electrons. The van der Waals surface area contributed by atoms with Crippen LogP contribution in [0.15, 0.2) is 24.3 Å². The maximum atomic E-state index is 2.50. The third kappa shape index (κ3) is 1.32. The molecule has 1 aliphatic rings. The highest BCUT2D eigenvalue weighted by molar-refractivity contribution is 14.1. The summed E-state index contributed by atoms with van der Waals surface area (Å²) in [7, 11) is 0. The third-order valence-corrected chi connectivity index (χ3v) is 4.59. The number of rotatable bonds is 0. The fourth-order valence-corrected chi connectivity index (χ4v) is 3.63. The molecule has 1 aromatic carbocycles. The van der Waals surface area contributed by atoms with Crippen LogP contribution < -0.4 is 9.75 Å². The topological polar surface area (TPSA) is 0 Å². The van der Waals surface area contributed by atoms with Gasteiger partial charge in [-0.15, -0.1) is 11.3 Å².